The third-order valence-electron chi connectivity index (χ3n) is 3.84. The van der Waals surface area contributed by atoms with Crippen LogP contribution in [0.4, 0.5) is 0 Å². The van der Waals surface area contributed by atoms with Crippen LogP contribution in [0.2, 0.25) is 0 Å². The summed E-state index contributed by atoms with van der Waals surface area (Å²) in [6, 6.07) is 18.6. The van der Waals surface area contributed by atoms with Crippen molar-refractivity contribution in [3.8, 4) is 5.75 Å². The van der Waals surface area contributed by atoms with Gasteiger partial charge in [0, 0.05) is 6.54 Å². The molecule has 3 nitrogen and oxygen atoms in total. The molecule has 0 spiro atoms. The molecular formula is C20H27NO2. The highest BCUT2D eigenvalue weighted by Gasteiger charge is 2.08. The molecule has 0 saturated heterocycles. The molecule has 0 radical (unpaired) electrons. The van der Waals surface area contributed by atoms with Crippen LogP contribution in [0.25, 0.3) is 0 Å². The molecular weight excluding hydrogens is 286 g/mol. The van der Waals surface area contributed by atoms with Crippen LogP contribution in [-0.4, -0.2) is 36.3 Å². The van der Waals surface area contributed by atoms with Crippen LogP contribution >= 0.6 is 0 Å². The van der Waals surface area contributed by atoms with E-state index >= 15 is 0 Å². The number of nitrogens with zero attached hydrogens (tertiary/aromatic N) is 1. The zero-order valence-corrected chi connectivity index (χ0v) is 14.1. The molecule has 0 amide bonds. The molecule has 0 aromatic heterocycles. The molecule has 0 saturated carbocycles. The van der Waals surface area contributed by atoms with E-state index in [0.717, 1.165) is 31.7 Å². The van der Waals surface area contributed by atoms with Gasteiger partial charge in [-0.05, 0) is 50.6 Å². The van der Waals surface area contributed by atoms with Gasteiger partial charge in [0.25, 0.3) is 0 Å². The zero-order valence-electron chi connectivity index (χ0n) is 14.1. The van der Waals surface area contributed by atoms with Crippen molar-refractivity contribution in [2.45, 2.75) is 32.4 Å². The minimum Gasteiger partial charge on any atom is -0.488 e. The number of rotatable bonds is 9. The molecule has 3 heteroatoms. The van der Waals surface area contributed by atoms with Gasteiger partial charge in [-0.15, -0.1) is 0 Å². The van der Waals surface area contributed by atoms with Crippen molar-refractivity contribution in [1.82, 2.24) is 4.90 Å². The quantitative estimate of drug-likeness (QED) is 0.769. The molecule has 0 aliphatic rings. The number of para-hydroxylation sites is 1. The number of aliphatic hydroxyl groups is 1. The lowest BCUT2D eigenvalue weighted by atomic mass is 10.1. The van der Waals surface area contributed by atoms with E-state index in [4.69, 9.17) is 9.84 Å². The Kier molecular flexibility index (Phi) is 7.11. The van der Waals surface area contributed by atoms with Gasteiger partial charge in [0.2, 0.25) is 0 Å². The van der Waals surface area contributed by atoms with Crippen molar-refractivity contribution in [3.05, 3.63) is 65.7 Å². The zero-order chi connectivity index (χ0) is 16.5. The minimum atomic E-state index is -0.170. The average molecular weight is 313 g/mol. The summed E-state index contributed by atoms with van der Waals surface area (Å²) in [5.41, 5.74) is 2.55. The van der Waals surface area contributed by atoms with E-state index in [1.54, 1.807) is 0 Å². The lowest BCUT2D eigenvalue weighted by molar-refractivity contribution is 0.128. The Morgan fingerprint density at radius 2 is 1.74 bits per heavy atom. The van der Waals surface area contributed by atoms with E-state index in [0.29, 0.717) is 0 Å². The van der Waals surface area contributed by atoms with Gasteiger partial charge in [0.15, 0.2) is 0 Å². The van der Waals surface area contributed by atoms with Crippen LogP contribution in [0.1, 0.15) is 24.5 Å². The SMILES string of the molecule is C[C@H](CO)Oc1ccccc1CCCN(C)Cc1ccccc1. The molecule has 124 valence electrons. The topological polar surface area (TPSA) is 32.7 Å². The second kappa shape index (κ2) is 9.33. The van der Waals surface area contributed by atoms with E-state index < -0.39 is 0 Å². The normalized spacial score (nSPS) is 12.3. The molecule has 0 aliphatic heterocycles. The summed E-state index contributed by atoms with van der Waals surface area (Å²) in [5.74, 6) is 0.889. The summed E-state index contributed by atoms with van der Waals surface area (Å²) in [6.07, 6.45) is 1.89. The Morgan fingerprint density at radius 3 is 2.48 bits per heavy atom. The van der Waals surface area contributed by atoms with Gasteiger partial charge in [-0.3, -0.25) is 0 Å². The van der Waals surface area contributed by atoms with E-state index in [9.17, 15) is 0 Å². The first-order valence-electron chi connectivity index (χ1n) is 8.27. The molecule has 2 rings (SSSR count). The van der Waals surface area contributed by atoms with Crippen molar-refractivity contribution < 1.29 is 9.84 Å². The lowest BCUT2D eigenvalue weighted by Gasteiger charge is -2.18. The number of aryl methyl sites for hydroxylation is 1. The predicted molar refractivity (Wildman–Crippen MR) is 94.7 cm³/mol. The van der Waals surface area contributed by atoms with Crippen molar-refractivity contribution in [2.24, 2.45) is 0 Å². The second-order valence-electron chi connectivity index (χ2n) is 6.05. The molecule has 0 aliphatic carbocycles. The van der Waals surface area contributed by atoms with Gasteiger partial charge in [-0.25, -0.2) is 0 Å². The van der Waals surface area contributed by atoms with E-state index in [2.05, 4.69) is 42.3 Å². The smallest absolute Gasteiger partial charge is 0.123 e. The second-order valence-corrected chi connectivity index (χ2v) is 6.05. The average Bonchev–Trinajstić information content (AvgIpc) is 2.57. The van der Waals surface area contributed by atoms with Gasteiger partial charge in [-0.2, -0.15) is 0 Å². The Hall–Kier alpha value is -1.84. The fraction of sp³-hybridized carbons (Fsp3) is 0.400. The number of hydrogen-bond acceptors (Lipinski definition) is 3. The third-order valence-corrected chi connectivity index (χ3v) is 3.84. The molecule has 23 heavy (non-hydrogen) atoms. The Labute approximate surface area is 139 Å². The van der Waals surface area contributed by atoms with Crippen molar-refractivity contribution >= 4 is 0 Å². The van der Waals surface area contributed by atoms with Crippen LogP contribution in [0.15, 0.2) is 54.6 Å². The Morgan fingerprint density at radius 1 is 1.04 bits per heavy atom. The van der Waals surface area contributed by atoms with Gasteiger partial charge >= 0.3 is 0 Å². The maximum absolute atomic E-state index is 9.14. The Balaban J connectivity index is 1.81. The van der Waals surface area contributed by atoms with Gasteiger partial charge < -0.3 is 14.7 Å². The molecule has 1 N–H and O–H groups in total. The third kappa shape index (κ3) is 6.05. The predicted octanol–water partition coefficient (Wildman–Crippen LogP) is 3.51. The summed E-state index contributed by atoms with van der Waals surface area (Å²) in [4.78, 5) is 2.34. The van der Waals surface area contributed by atoms with Crippen LogP contribution in [-0.2, 0) is 13.0 Å². The van der Waals surface area contributed by atoms with Gasteiger partial charge in [0.1, 0.15) is 11.9 Å². The van der Waals surface area contributed by atoms with E-state index in [1.165, 1.54) is 11.1 Å². The van der Waals surface area contributed by atoms with Gasteiger partial charge in [-0.1, -0.05) is 48.5 Å². The molecule has 0 heterocycles. The maximum Gasteiger partial charge on any atom is 0.123 e. The molecule has 2 aromatic rings. The maximum atomic E-state index is 9.14. The highest BCUT2D eigenvalue weighted by molar-refractivity contribution is 5.33. The van der Waals surface area contributed by atoms with Crippen molar-refractivity contribution in [1.29, 1.82) is 0 Å². The molecule has 0 bridgehead atoms. The molecule has 2 aromatic carbocycles. The molecule has 0 fully saturated rings. The van der Waals surface area contributed by atoms with Crippen molar-refractivity contribution in [3.63, 3.8) is 0 Å². The molecule has 0 unspecified atom stereocenters. The number of benzene rings is 2. The fourth-order valence-corrected chi connectivity index (χ4v) is 2.59. The molecule has 1 atom stereocenters. The standard InChI is InChI=1S/C20H27NO2/c1-17(16-22)23-20-13-7-6-11-19(20)12-8-14-21(2)15-18-9-4-3-5-10-18/h3-7,9-11,13,17,22H,8,12,14-16H2,1-2H3/t17-/m1/s1. The fourth-order valence-electron chi connectivity index (χ4n) is 2.59. The van der Waals surface area contributed by atoms with Crippen LogP contribution in [0.5, 0.6) is 5.75 Å². The van der Waals surface area contributed by atoms with E-state index in [1.807, 2.05) is 31.2 Å². The van der Waals surface area contributed by atoms with Crippen LogP contribution in [0, 0.1) is 0 Å². The monoisotopic (exact) mass is 313 g/mol. The summed E-state index contributed by atoms with van der Waals surface area (Å²) in [5, 5.41) is 9.14. The van der Waals surface area contributed by atoms with Crippen LogP contribution in [0.3, 0.4) is 0 Å². The first-order chi connectivity index (χ1) is 11.2. The lowest BCUT2D eigenvalue weighted by Crippen LogP contribution is -2.20. The highest BCUT2D eigenvalue weighted by atomic mass is 16.5. The highest BCUT2D eigenvalue weighted by Crippen LogP contribution is 2.21. The number of aliphatic hydroxyl groups excluding tert-OH is 1. The van der Waals surface area contributed by atoms with Crippen LogP contribution < -0.4 is 4.74 Å². The minimum absolute atomic E-state index is 0.0359. The largest absolute Gasteiger partial charge is 0.488 e. The number of ether oxygens (including phenoxy) is 1. The van der Waals surface area contributed by atoms with Crippen molar-refractivity contribution in [2.75, 3.05) is 20.2 Å². The first kappa shape index (κ1) is 17.5. The summed E-state index contributed by atoms with van der Waals surface area (Å²) in [6.45, 7) is 3.93. The summed E-state index contributed by atoms with van der Waals surface area (Å²) >= 11 is 0. The summed E-state index contributed by atoms with van der Waals surface area (Å²) < 4.78 is 5.78. The Bertz CT molecular complexity index is 571. The summed E-state index contributed by atoms with van der Waals surface area (Å²) in [7, 11) is 2.16. The van der Waals surface area contributed by atoms with E-state index in [-0.39, 0.29) is 12.7 Å². The first-order valence-corrected chi connectivity index (χ1v) is 8.27. The van der Waals surface area contributed by atoms with Gasteiger partial charge in [0.05, 0.1) is 6.61 Å². The number of hydrogen-bond donors (Lipinski definition) is 1.